The highest BCUT2D eigenvalue weighted by atomic mass is 127. The lowest BCUT2D eigenvalue weighted by Gasteiger charge is -2.18. The van der Waals surface area contributed by atoms with E-state index in [0.29, 0.717) is 0 Å². The molecule has 0 radical (unpaired) electrons. The van der Waals surface area contributed by atoms with Crippen LogP contribution in [0.1, 0.15) is 21.1 Å². The maximum atomic E-state index is 4.57. The lowest BCUT2D eigenvalue weighted by atomic mass is 10.2. The van der Waals surface area contributed by atoms with Crippen LogP contribution in [0.2, 0.25) is 0 Å². The molecule has 0 aliphatic carbocycles. The van der Waals surface area contributed by atoms with Gasteiger partial charge in [-0.2, -0.15) is 0 Å². The highest BCUT2D eigenvalue weighted by molar-refractivity contribution is 14.0. The predicted molar refractivity (Wildman–Crippen MR) is 123 cm³/mol. The summed E-state index contributed by atoms with van der Waals surface area (Å²) in [5.74, 6) is 0.845. The van der Waals surface area contributed by atoms with E-state index in [-0.39, 0.29) is 24.0 Å². The second kappa shape index (κ2) is 12.2. The van der Waals surface area contributed by atoms with Crippen LogP contribution in [-0.4, -0.2) is 49.6 Å². The van der Waals surface area contributed by atoms with Gasteiger partial charge in [-0.25, -0.2) is 4.98 Å². The molecule has 0 saturated carbocycles. The molecule has 2 aromatic rings. The summed E-state index contributed by atoms with van der Waals surface area (Å²) in [6.07, 6.45) is 0.925. The molecule has 2 rings (SSSR count). The van der Waals surface area contributed by atoms with Gasteiger partial charge in [0.25, 0.3) is 0 Å². The first-order valence-corrected chi connectivity index (χ1v) is 9.50. The van der Waals surface area contributed by atoms with E-state index in [2.05, 4.69) is 76.7 Å². The molecule has 144 valence electrons. The van der Waals surface area contributed by atoms with Crippen LogP contribution in [0.15, 0.2) is 35.3 Å². The number of nitrogens with zero attached hydrogens (tertiary/aromatic N) is 3. The summed E-state index contributed by atoms with van der Waals surface area (Å²) in [5, 5.41) is 7.91. The molecular weight excluding hydrogens is 457 g/mol. The van der Waals surface area contributed by atoms with Crippen molar-refractivity contribution in [3.63, 3.8) is 0 Å². The van der Waals surface area contributed by atoms with Crippen LogP contribution in [0, 0.1) is 13.8 Å². The van der Waals surface area contributed by atoms with Crippen LogP contribution in [0.4, 0.5) is 0 Å². The van der Waals surface area contributed by atoms with Crippen LogP contribution < -0.4 is 10.6 Å². The number of rotatable bonds is 8. The number of halogens is 1. The number of hydrogen-bond donors (Lipinski definition) is 2. The number of aromatic nitrogens is 1. The zero-order chi connectivity index (χ0) is 18.1. The highest BCUT2D eigenvalue weighted by Gasteiger charge is 2.05. The zero-order valence-electron chi connectivity index (χ0n) is 16.1. The molecule has 1 heterocycles. The Bertz CT molecular complexity index is 652. The Morgan fingerprint density at radius 1 is 1.15 bits per heavy atom. The molecule has 5 nitrogen and oxygen atoms in total. The fraction of sp³-hybridized carbons (Fsp3) is 0.474. The number of hydrogen-bond acceptors (Lipinski definition) is 4. The number of thiazole rings is 1. The average molecular weight is 487 g/mol. The van der Waals surface area contributed by atoms with Gasteiger partial charge in [-0.15, -0.1) is 35.3 Å². The topological polar surface area (TPSA) is 52.6 Å². The normalized spacial score (nSPS) is 11.3. The van der Waals surface area contributed by atoms with E-state index in [9.17, 15) is 0 Å². The van der Waals surface area contributed by atoms with E-state index in [4.69, 9.17) is 0 Å². The number of benzene rings is 1. The Labute approximate surface area is 178 Å². The molecule has 1 aromatic heterocycles. The SMILES string of the molecule is CN=C(NCCc1nc(C)c(C)s1)NCCN(C)Cc1ccccc1.I. The van der Waals surface area contributed by atoms with Gasteiger partial charge in [-0.3, -0.25) is 4.99 Å². The zero-order valence-corrected chi connectivity index (χ0v) is 19.2. The van der Waals surface area contributed by atoms with Crippen molar-refractivity contribution in [1.82, 2.24) is 20.5 Å². The van der Waals surface area contributed by atoms with Crippen LogP contribution >= 0.6 is 35.3 Å². The fourth-order valence-electron chi connectivity index (χ4n) is 2.49. The fourth-order valence-corrected chi connectivity index (χ4v) is 3.43. The van der Waals surface area contributed by atoms with E-state index < -0.39 is 0 Å². The van der Waals surface area contributed by atoms with Crippen LogP contribution in [0.25, 0.3) is 0 Å². The third-order valence-corrected chi connectivity index (χ3v) is 5.14. The van der Waals surface area contributed by atoms with Crippen molar-refractivity contribution in [2.24, 2.45) is 4.99 Å². The van der Waals surface area contributed by atoms with Crippen molar-refractivity contribution in [1.29, 1.82) is 0 Å². The molecule has 0 aliphatic rings. The highest BCUT2D eigenvalue weighted by Crippen LogP contribution is 2.16. The first kappa shape index (κ1) is 22.9. The summed E-state index contributed by atoms with van der Waals surface area (Å²) in [6.45, 7) is 7.80. The van der Waals surface area contributed by atoms with E-state index in [1.165, 1.54) is 15.4 Å². The Morgan fingerprint density at radius 3 is 2.46 bits per heavy atom. The van der Waals surface area contributed by atoms with Gasteiger partial charge < -0.3 is 15.5 Å². The van der Waals surface area contributed by atoms with Crippen molar-refractivity contribution in [3.8, 4) is 0 Å². The van der Waals surface area contributed by atoms with Crippen molar-refractivity contribution < 1.29 is 0 Å². The third-order valence-electron chi connectivity index (χ3n) is 4.01. The first-order chi connectivity index (χ1) is 12.1. The summed E-state index contributed by atoms with van der Waals surface area (Å²) in [4.78, 5) is 12.5. The summed E-state index contributed by atoms with van der Waals surface area (Å²) in [7, 11) is 3.94. The van der Waals surface area contributed by atoms with Crippen molar-refractivity contribution in [2.75, 3.05) is 33.7 Å². The number of likely N-dealkylation sites (N-methyl/N-ethyl adjacent to an activating group) is 1. The van der Waals surface area contributed by atoms with Crippen molar-refractivity contribution >= 4 is 41.3 Å². The van der Waals surface area contributed by atoms with Gasteiger partial charge in [-0.05, 0) is 26.5 Å². The molecule has 0 bridgehead atoms. The molecular formula is C19H30IN5S. The van der Waals surface area contributed by atoms with Gasteiger partial charge in [0, 0.05) is 44.5 Å². The predicted octanol–water partition coefficient (Wildman–Crippen LogP) is 3.22. The molecule has 0 amide bonds. The molecule has 0 fully saturated rings. The second-order valence-corrected chi connectivity index (χ2v) is 7.44. The molecule has 0 spiro atoms. The minimum atomic E-state index is 0. The maximum Gasteiger partial charge on any atom is 0.191 e. The Hall–Kier alpha value is -1.19. The van der Waals surface area contributed by atoms with E-state index in [1.54, 1.807) is 18.4 Å². The third kappa shape index (κ3) is 8.01. The lowest BCUT2D eigenvalue weighted by molar-refractivity contribution is 0.331. The van der Waals surface area contributed by atoms with Crippen molar-refractivity contribution in [3.05, 3.63) is 51.5 Å². The van der Waals surface area contributed by atoms with Gasteiger partial charge in [0.2, 0.25) is 0 Å². The maximum absolute atomic E-state index is 4.57. The summed E-state index contributed by atoms with van der Waals surface area (Å²) >= 11 is 1.78. The number of aliphatic imine (C=N–C) groups is 1. The number of guanidine groups is 1. The van der Waals surface area contributed by atoms with Gasteiger partial charge in [0.15, 0.2) is 5.96 Å². The quantitative estimate of drug-likeness (QED) is 0.341. The largest absolute Gasteiger partial charge is 0.356 e. The van der Waals surface area contributed by atoms with Gasteiger partial charge in [0.1, 0.15) is 0 Å². The molecule has 7 heteroatoms. The van der Waals surface area contributed by atoms with Gasteiger partial charge in [0.05, 0.1) is 10.7 Å². The molecule has 2 N–H and O–H groups in total. The summed E-state index contributed by atoms with van der Waals surface area (Å²) in [6, 6.07) is 10.5. The first-order valence-electron chi connectivity index (χ1n) is 8.68. The van der Waals surface area contributed by atoms with Crippen LogP contribution in [-0.2, 0) is 13.0 Å². The van der Waals surface area contributed by atoms with Crippen LogP contribution in [0.3, 0.4) is 0 Å². The Morgan fingerprint density at radius 2 is 1.85 bits per heavy atom. The summed E-state index contributed by atoms with van der Waals surface area (Å²) in [5.41, 5.74) is 2.48. The lowest BCUT2D eigenvalue weighted by Crippen LogP contribution is -2.41. The molecule has 1 aromatic carbocycles. The molecule has 0 unspecified atom stereocenters. The molecule has 0 atom stereocenters. The van der Waals surface area contributed by atoms with E-state index in [0.717, 1.165) is 44.3 Å². The Kier molecular flexibility index (Phi) is 10.8. The number of nitrogens with one attached hydrogen (secondary N) is 2. The minimum Gasteiger partial charge on any atom is -0.356 e. The van der Waals surface area contributed by atoms with E-state index >= 15 is 0 Å². The molecule has 0 saturated heterocycles. The molecule has 0 aliphatic heterocycles. The average Bonchev–Trinajstić information content (AvgIpc) is 2.92. The summed E-state index contributed by atoms with van der Waals surface area (Å²) < 4.78 is 0. The number of aryl methyl sites for hydroxylation is 2. The Balaban J connectivity index is 0.00000338. The molecule has 26 heavy (non-hydrogen) atoms. The van der Waals surface area contributed by atoms with Gasteiger partial charge in [-0.1, -0.05) is 30.3 Å². The van der Waals surface area contributed by atoms with Gasteiger partial charge >= 0.3 is 0 Å². The monoisotopic (exact) mass is 487 g/mol. The van der Waals surface area contributed by atoms with E-state index in [1.807, 2.05) is 0 Å². The smallest absolute Gasteiger partial charge is 0.191 e. The standard InChI is InChI=1S/C19H29N5S.HI/c1-15-16(2)25-18(23-15)10-11-21-19(20-3)22-12-13-24(4)14-17-8-6-5-7-9-17;/h5-9H,10-14H2,1-4H3,(H2,20,21,22);1H. The van der Waals surface area contributed by atoms with Crippen molar-refractivity contribution in [2.45, 2.75) is 26.8 Å². The van der Waals surface area contributed by atoms with Crippen LogP contribution in [0.5, 0.6) is 0 Å². The minimum absolute atomic E-state index is 0. The second-order valence-electron chi connectivity index (χ2n) is 6.15.